The Morgan fingerprint density at radius 1 is 0.833 bits per heavy atom. The van der Waals surface area contributed by atoms with Crippen molar-refractivity contribution < 1.29 is 4.74 Å². The van der Waals surface area contributed by atoms with Crippen LogP contribution in [0.3, 0.4) is 0 Å². The molecule has 0 aliphatic carbocycles. The molecule has 0 saturated heterocycles. The lowest BCUT2D eigenvalue weighted by atomic mass is 9.76. The van der Waals surface area contributed by atoms with Crippen LogP contribution < -0.4 is 15.3 Å². The van der Waals surface area contributed by atoms with Gasteiger partial charge < -0.3 is 4.74 Å². The fourth-order valence-corrected chi connectivity index (χ4v) is 3.22. The van der Waals surface area contributed by atoms with Crippen LogP contribution in [0.25, 0.3) is 0 Å². The van der Waals surface area contributed by atoms with E-state index in [1.807, 2.05) is 0 Å². The lowest BCUT2D eigenvalue weighted by Gasteiger charge is -2.35. The van der Waals surface area contributed by atoms with Gasteiger partial charge in [0.2, 0.25) is 0 Å². The van der Waals surface area contributed by atoms with Crippen molar-refractivity contribution >= 4 is 29.1 Å². The van der Waals surface area contributed by atoms with Crippen molar-refractivity contribution in [3.63, 3.8) is 0 Å². The van der Waals surface area contributed by atoms with Gasteiger partial charge in [-0.25, -0.2) is 0 Å². The Labute approximate surface area is 112 Å². The molecule has 3 heteroatoms. The van der Waals surface area contributed by atoms with Gasteiger partial charge >= 0.3 is 0 Å². The molecular weight excluding hydrogens is 258 g/mol. The Hall–Kier alpha value is -0.900. The Morgan fingerprint density at radius 2 is 1.28 bits per heavy atom. The molecule has 2 unspecified atom stereocenters. The number of benzene rings is 2. The molecule has 2 aromatic carbocycles. The van der Waals surface area contributed by atoms with Crippen LogP contribution in [0.15, 0.2) is 36.4 Å². The summed E-state index contributed by atoms with van der Waals surface area (Å²) in [5.74, 6) is 1.96. The van der Waals surface area contributed by atoms with Crippen LogP contribution >= 0.6 is 18.5 Å². The third-order valence-electron chi connectivity index (χ3n) is 3.64. The summed E-state index contributed by atoms with van der Waals surface area (Å²) in [4.78, 5) is 0. The van der Waals surface area contributed by atoms with Crippen LogP contribution in [0.4, 0.5) is 0 Å². The average molecular weight is 274 g/mol. The predicted molar refractivity (Wildman–Crippen MR) is 83.8 cm³/mol. The molecule has 1 aliphatic heterocycles. The fraction of sp³-hybridized carbons (Fsp3) is 0.200. The van der Waals surface area contributed by atoms with Crippen molar-refractivity contribution in [2.24, 2.45) is 0 Å². The SMILES string of the molecule is CC1(C)c2cccc(P)c2Oc2c(P)cccc21. The zero-order chi connectivity index (χ0) is 12.9. The van der Waals surface area contributed by atoms with E-state index in [1.54, 1.807) is 0 Å². The van der Waals surface area contributed by atoms with Crippen LogP contribution in [0.2, 0.25) is 0 Å². The molecule has 0 spiro atoms. The molecule has 0 N–H and O–H groups in total. The van der Waals surface area contributed by atoms with E-state index in [9.17, 15) is 0 Å². The van der Waals surface area contributed by atoms with Gasteiger partial charge in [0.15, 0.2) is 0 Å². The second-order valence-electron chi connectivity index (χ2n) is 5.17. The molecule has 0 aromatic heterocycles. The number of para-hydroxylation sites is 2. The minimum atomic E-state index is -0.0257. The number of rotatable bonds is 0. The Balaban J connectivity index is 2.33. The molecule has 0 radical (unpaired) electrons. The van der Waals surface area contributed by atoms with E-state index in [4.69, 9.17) is 4.74 Å². The summed E-state index contributed by atoms with van der Waals surface area (Å²) in [7, 11) is 5.52. The molecule has 0 fully saturated rings. The first-order valence-corrected chi connectivity index (χ1v) is 7.13. The normalized spacial score (nSPS) is 15.6. The van der Waals surface area contributed by atoms with Crippen LogP contribution in [-0.4, -0.2) is 0 Å². The largest absolute Gasteiger partial charge is 0.455 e. The van der Waals surface area contributed by atoms with Crippen molar-refractivity contribution in [1.29, 1.82) is 0 Å². The van der Waals surface area contributed by atoms with Crippen molar-refractivity contribution in [2.75, 3.05) is 0 Å². The third kappa shape index (κ3) is 1.62. The van der Waals surface area contributed by atoms with E-state index in [-0.39, 0.29) is 5.41 Å². The number of fused-ring (bicyclic) bond motifs is 2. The first kappa shape index (κ1) is 12.2. The van der Waals surface area contributed by atoms with Crippen LogP contribution in [0.1, 0.15) is 25.0 Å². The molecule has 1 heterocycles. The lowest BCUT2D eigenvalue weighted by molar-refractivity contribution is 0.425. The maximum Gasteiger partial charge on any atom is 0.138 e. The summed E-state index contributed by atoms with van der Waals surface area (Å²) < 4.78 is 6.13. The van der Waals surface area contributed by atoms with Gasteiger partial charge in [0.05, 0.1) is 0 Å². The Bertz CT molecular complexity index is 579. The summed E-state index contributed by atoms with van der Waals surface area (Å²) in [6.07, 6.45) is 0. The highest BCUT2D eigenvalue weighted by molar-refractivity contribution is 7.28. The van der Waals surface area contributed by atoms with Crippen LogP contribution in [-0.2, 0) is 5.41 Å². The maximum absolute atomic E-state index is 6.13. The van der Waals surface area contributed by atoms with Gasteiger partial charge in [-0.1, -0.05) is 50.2 Å². The molecule has 2 atom stereocenters. The van der Waals surface area contributed by atoms with Gasteiger partial charge in [0.1, 0.15) is 11.5 Å². The van der Waals surface area contributed by atoms with E-state index in [0.29, 0.717) is 0 Å². The molecule has 0 saturated carbocycles. The van der Waals surface area contributed by atoms with Crippen molar-refractivity contribution in [3.8, 4) is 11.5 Å². The van der Waals surface area contributed by atoms with E-state index in [1.165, 1.54) is 11.1 Å². The molecular formula is C15H16OP2. The average Bonchev–Trinajstić information content (AvgIpc) is 2.32. The van der Waals surface area contributed by atoms with E-state index < -0.39 is 0 Å². The Morgan fingerprint density at radius 3 is 1.72 bits per heavy atom. The molecule has 92 valence electrons. The molecule has 1 aliphatic rings. The molecule has 3 rings (SSSR count). The van der Waals surface area contributed by atoms with Gasteiger partial charge in [-0.15, -0.1) is 18.5 Å². The standard InChI is InChI=1S/C15H16OP2/c1-15(2)9-5-3-7-11(17)13(9)16-14-10(15)6-4-8-12(14)18/h3-8H,17-18H2,1-2H3. The van der Waals surface area contributed by atoms with Gasteiger partial charge in [0, 0.05) is 27.2 Å². The highest BCUT2D eigenvalue weighted by Crippen LogP contribution is 2.46. The summed E-state index contributed by atoms with van der Waals surface area (Å²) in [5, 5.41) is 2.22. The predicted octanol–water partition coefficient (Wildman–Crippen LogP) is 3.12. The summed E-state index contributed by atoms with van der Waals surface area (Å²) in [5.41, 5.74) is 2.47. The fourth-order valence-electron chi connectivity index (χ4n) is 2.57. The second kappa shape index (κ2) is 4.05. The Kier molecular flexibility index (Phi) is 2.73. The highest BCUT2D eigenvalue weighted by Gasteiger charge is 2.35. The number of hydrogen-bond acceptors (Lipinski definition) is 1. The molecule has 1 nitrogen and oxygen atoms in total. The minimum Gasteiger partial charge on any atom is -0.455 e. The maximum atomic E-state index is 6.13. The number of ether oxygens (including phenoxy) is 1. The van der Waals surface area contributed by atoms with E-state index in [2.05, 4.69) is 68.7 Å². The minimum absolute atomic E-state index is 0.0257. The quantitative estimate of drug-likeness (QED) is 0.671. The zero-order valence-corrected chi connectivity index (χ0v) is 12.8. The van der Waals surface area contributed by atoms with Gasteiger partial charge in [-0.2, -0.15) is 0 Å². The van der Waals surface area contributed by atoms with Crippen molar-refractivity contribution in [3.05, 3.63) is 47.5 Å². The van der Waals surface area contributed by atoms with Crippen molar-refractivity contribution in [1.82, 2.24) is 0 Å². The number of hydrogen-bond donors (Lipinski definition) is 0. The summed E-state index contributed by atoms with van der Waals surface area (Å²) >= 11 is 0. The zero-order valence-electron chi connectivity index (χ0n) is 10.5. The molecule has 2 aromatic rings. The van der Waals surface area contributed by atoms with Gasteiger partial charge in [-0.05, 0) is 0 Å². The molecule has 0 amide bonds. The van der Waals surface area contributed by atoms with Crippen LogP contribution in [0, 0.1) is 0 Å². The molecule has 0 bridgehead atoms. The van der Waals surface area contributed by atoms with Gasteiger partial charge in [0.25, 0.3) is 0 Å². The van der Waals surface area contributed by atoms with Crippen molar-refractivity contribution in [2.45, 2.75) is 19.3 Å². The second-order valence-corrected chi connectivity index (χ2v) is 6.42. The van der Waals surface area contributed by atoms with Crippen LogP contribution in [0.5, 0.6) is 11.5 Å². The lowest BCUT2D eigenvalue weighted by Crippen LogP contribution is -2.28. The summed E-state index contributed by atoms with van der Waals surface area (Å²) in [6, 6.07) is 12.6. The topological polar surface area (TPSA) is 9.23 Å². The first-order valence-electron chi connectivity index (χ1n) is 5.97. The highest BCUT2D eigenvalue weighted by atomic mass is 31.0. The monoisotopic (exact) mass is 274 g/mol. The first-order chi connectivity index (χ1) is 8.51. The van der Waals surface area contributed by atoms with E-state index in [0.717, 1.165) is 22.1 Å². The van der Waals surface area contributed by atoms with E-state index >= 15 is 0 Å². The third-order valence-corrected chi connectivity index (χ3v) is 4.55. The van der Waals surface area contributed by atoms with Gasteiger partial charge in [-0.3, -0.25) is 0 Å². The smallest absolute Gasteiger partial charge is 0.138 e. The summed E-state index contributed by atoms with van der Waals surface area (Å²) in [6.45, 7) is 4.50. The molecule has 18 heavy (non-hydrogen) atoms.